The van der Waals surface area contributed by atoms with Crippen LogP contribution in [0.25, 0.3) is 0 Å². The summed E-state index contributed by atoms with van der Waals surface area (Å²) in [6, 6.07) is 7.89. The van der Waals surface area contributed by atoms with Gasteiger partial charge in [-0.1, -0.05) is 6.07 Å². The second kappa shape index (κ2) is 11.7. The second-order valence-electron chi connectivity index (χ2n) is 6.13. The SMILES string of the molecule is CCNC(=NCCOCC1CC1)Nc1cccc(OCCCOC)c1. The average molecular weight is 349 g/mol. The molecule has 0 aromatic heterocycles. The van der Waals surface area contributed by atoms with Gasteiger partial charge < -0.3 is 24.8 Å². The number of rotatable bonds is 12. The quantitative estimate of drug-likeness (QED) is 0.345. The Balaban J connectivity index is 1.78. The predicted octanol–water partition coefficient (Wildman–Crippen LogP) is 2.91. The van der Waals surface area contributed by atoms with Crippen molar-refractivity contribution in [1.82, 2.24) is 5.32 Å². The summed E-state index contributed by atoms with van der Waals surface area (Å²) in [6.45, 7) is 6.40. The molecule has 2 N–H and O–H groups in total. The number of anilines is 1. The highest BCUT2D eigenvalue weighted by molar-refractivity contribution is 5.93. The number of nitrogens with zero attached hydrogens (tertiary/aromatic N) is 1. The minimum Gasteiger partial charge on any atom is -0.493 e. The molecule has 1 aliphatic rings. The standard InChI is InChI=1S/C19H31N3O3/c1-3-20-19(21-10-13-24-15-16-8-9-16)22-17-6-4-7-18(14-17)25-12-5-11-23-2/h4,6-7,14,16H,3,5,8-13,15H2,1-2H3,(H2,20,21,22). The first-order valence-electron chi connectivity index (χ1n) is 9.16. The zero-order valence-corrected chi connectivity index (χ0v) is 15.4. The summed E-state index contributed by atoms with van der Waals surface area (Å²) in [5.74, 6) is 2.39. The minimum atomic E-state index is 0.643. The second-order valence-corrected chi connectivity index (χ2v) is 6.13. The van der Waals surface area contributed by atoms with E-state index < -0.39 is 0 Å². The van der Waals surface area contributed by atoms with Gasteiger partial charge in [-0.25, -0.2) is 0 Å². The highest BCUT2D eigenvalue weighted by Crippen LogP contribution is 2.28. The maximum Gasteiger partial charge on any atom is 0.195 e. The number of guanidine groups is 1. The maximum atomic E-state index is 5.73. The Hall–Kier alpha value is -1.79. The third kappa shape index (κ3) is 8.74. The molecule has 1 aromatic carbocycles. The molecule has 25 heavy (non-hydrogen) atoms. The van der Waals surface area contributed by atoms with Crippen LogP contribution in [-0.2, 0) is 9.47 Å². The van der Waals surface area contributed by atoms with E-state index in [1.54, 1.807) is 7.11 Å². The summed E-state index contributed by atoms with van der Waals surface area (Å²) >= 11 is 0. The van der Waals surface area contributed by atoms with Crippen LogP contribution < -0.4 is 15.4 Å². The first kappa shape index (κ1) is 19.5. The van der Waals surface area contributed by atoms with Gasteiger partial charge >= 0.3 is 0 Å². The Bertz CT molecular complexity index is 518. The Morgan fingerprint density at radius 1 is 1.24 bits per heavy atom. The van der Waals surface area contributed by atoms with Gasteiger partial charge in [0.2, 0.25) is 0 Å². The summed E-state index contributed by atoms with van der Waals surface area (Å²) in [5, 5.41) is 6.56. The number of aliphatic imine (C=N–C) groups is 1. The average Bonchev–Trinajstić information content (AvgIpc) is 3.43. The van der Waals surface area contributed by atoms with Crippen LogP contribution >= 0.6 is 0 Å². The fraction of sp³-hybridized carbons (Fsp3) is 0.632. The minimum absolute atomic E-state index is 0.643. The first-order valence-corrected chi connectivity index (χ1v) is 9.16. The van der Waals surface area contributed by atoms with Gasteiger partial charge in [0.1, 0.15) is 5.75 Å². The Kier molecular flexibility index (Phi) is 9.15. The Morgan fingerprint density at radius 3 is 2.88 bits per heavy atom. The fourth-order valence-corrected chi connectivity index (χ4v) is 2.26. The molecule has 1 aliphatic carbocycles. The van der Waals surface area contributed by atoms with Crippen molar-refractivity contribution in [3.8, 4) is 5.75 Å². The third-order valence-electron chi connectivity index (χ3n) is 3.76. The number of nitrogens with one attached hydrogen (secondary N) is 2. The number of ether oxygens (including phenoxy) is 3. The first-order chi connectivity index (χ1) is 12.3. The predicted molar refractivity (Wildman–Crippen MR) is 102 cm³/mol. The molecule has 1 fully saturated rings. The van der Waals surface area contributed by atoms with Gasteiger partial charge in [-0.05, 0) is 37.8 Å². The highest BCUT2D eigenvalue weighted by atomic mass is 16.5. The molecule has 0 spiro atoms. The number of hydrogen-bond donors (Lipinski definition) is 2. The van der Waals surface area contributed by atoms with E-state index in [0.717, 1.165) is 42.9 Å². The van der Waals surface area contributed by atoms with Crippen LogP contribution in [-0.4, -0.2) is 52.6 Å². The van der Waals surface area contributed by atoms with Gasteiger partial charge in [-0.3, -0.25) is 4.99 Å². The lowest BCUT2D eigenvalue weighted by atomic mass is 10.3. The van der Waals surface area contributed by atoms with Gasteiger partial charge in [0, 0.05) is 45.0 Å². The van der Waals surface area contributed by atoms with E-state index in [2.05, 4.69) is 22.5 Å². The monoisotopic (exact) mass is 349 g/mol. The van der Waals surface area contributed by atoms with Crippen molar-refractivity contribution in [2.75, 3.05) is 51.9 Å². The van der Waals surface area contributed by atoms with Crippen molar-refractivity contribution in [2.45, 2.75) is 26.2 Å². The van der Waals surface area contributed by atoms with Crippen molar-refractivity contribution in [1.29, 1.82) is 0 Å². The van der Waals surface area contributed by atoms with Crippen LogP contribution in [0.4, 0.5) is 5.69 Å². The van der Waals surface area contributed by atoms with Crippen LogP contribution in [0, 0.1) is 5.92 Å². The van der Waals surface area contributed by atoms with Crippen molar-refractivity contribution in [3.63, 3.8) is 0 Å². The molecule has 0 heterocycles. The smallest absolute Gasteiger partial charge is 0.195 e. The summed E-state index contributed by atoms with van der Waals surface area (Å²) in [6.07, 6.45) is 3.51. The summed E-state index contributed by atoms with van der Waals surface area (Å²) in [5.41, 5.74) is 0.947. The zero-order chi connectivity index (χ0) is 17.7. The normalized spacial score (nSPS) is 14.4. The molecule has 0 saturated heterocycles. The topological polar surface area (TPSA) is 64.1 Å². The molecule has 1 aromatic rings. The van der Waals surface area contributed by atoms with E-state index in [0.29, 0.717) is 26.4 Å². The van der Waals surface area contributed by atoms with Crippen LogP contribution in [0.5, 0.6) is 5.75 Å². The molecule has 0 amide bonds. The van der Waals surface area contributed by atoms with E-state index >= 15 is 0 Å². The van der Waals surface area contributed by atoms with Gasteiger partial charge in [0.15, 0.2) is 5.96 Å². The van der Waals surface area contributed by atoms with E-state index in [1.165, 1.54) is 12.8 Å². The van der Waals surface area contributed by atoms with Crippen LogP contribution in [0.15, 0.2) is 29.3 Å². The third-order valence-corrected chi connectivity index (χ3v) is 3.76. The molecule has 1 saturated carbocycles. The lowest BCUT2D eigenvalue weighted by Crippen LogP contribution is -2.31. The van der Waals surface area contributed by atoms with Crippen molar-refractivity contribution < 1.29 is 14.2 Å². The lowest BCUT2D eigenvalue weighted by molar-refractivity contribution is 0.132. The van der Waals surface area contributed by atoms with Crippen LogP contribution in [0.3, 0.4) is 0 Å². The lowest BCUT2D eigenvalue weighted by Gasteiger charge is -2.13. The van der Waals surface area contributed by atoms with Gasteiger partial charge in [0.25, 0.3) is 0 Å². The Morgan fingerprint density at radius 2 is 2.12 bits per heavy atom. The van der Waals surface area contributed by atoms with Gasteiger partial charge in [-0.2, -0.15) is 0 Å². The summed E-state index contributed by atoms with van der Waals surface area (Å²) in [7, 11) is 1.70. The van der Waals surface area contributed by atoms with Crippen molar-refractivity contribution in [2.24, 2.45) is 10.9 Å². The van der Waals surface area contributed by atoms with E-state index in [1.807, 2.05) is 24.3 Å². The number of hydrogen-bond acceptors (Lipinski definition) is 4. The van der Waals surface area contributed by atoms with Crippen molar-refractivity contribution in [3.05, 3.63) is 24.3 Å². The highest BCUT2D eigenvalue weighted by Gasteiger charge is 2.20. The summed E-state index contributed by atoms with van der Waals surface area (Å²) < 4.78 is 16.4. The fourth-order valence-electron chi connectivity index (χ4n) is 2.26. The molecular weight excluding hydrogens is 318 g/mol. The molecule has 0 unspecified atom stereocenters. The summed E-state index contributed by atoms with van der Waals surface area (Å²) in [4.78, 5) is 4.55. The molecular formula is C19H31N3O3. The van der Waals surface area contributed by atoms with E-state index in [-0.39, 0.29) is 0 Å². The molecule has 0 bridgehead atoms. The molecule has 140 valence electrons. The largest absolute Gasteiger partial charge is 0.493 e. The molecule has 0 aliphatic heterocycles. The molecule has 2 rings (SSSR count). The van der Waals surface area contributed by atoms with E-state index in [4.69, 9.17) is 14.2 Å². The number of benzene rings is 1. The van der Waals surface area contributed by atoms with Gasteiger partial charge in [0.05, 0.1) is 19.8 Å². The van der Waals surface area contributed by atoms with Crippen LogP contribution in [0.1, 0.15) is 26.2 Å². The molecule has 6 nitrogen and oxygen atoms in total. The van der Waals surface area contributed by atoms with Crippen molar-refractivity contribution >= 4 is 11.6 Å². The van der Waals surface area contributed by atoms with Crippen LogP contribution in [0.2, 0.25) is 0 Å². The number of methoxy groups -OCH3 is 1. The van der Waals surface area contributed by atoms with Gasteiger partial charge in [-0.15, -0.1) is 0 Å². The Labute approximate surface area is 151 Å². The zero-order valence-electron chi connectivity index (χ0n) is 15.4. The molecule has 0 atom stereocenters. The molecule has 6 heteroatoms. The van der Waals surface area contributed by atoms with E-state index in [9.17, 15) is 0 Å². The molecule has 0 radical (unpaired) electrons. The maximum absolute atomic E-state index is 5.73.